The fraction of sp³-hybridized carbons (Fsp3) is 0.438. The molecule has 0 bridgehead atoms. The van der Waals surface area contributed by atoms with Crippen molar-refractivity contribution in [3.05, 3.63) is 41.0 Å². The van der Waals surface area contributed by atoms with E-state index in [-0.39, 0.29) is 0 Å². The van der Waals surface area contributed by atoms with Crippen LogP contribution < -0.4 is 0 Å². The van der Waals surface area contributed by atoms with Gasteiger partial charge < -0.3 is 5.21 Å². The highest BCUT2D eigenvalue weighted by Crippen LogP contribution is 2.35. The van der Waals surface area contributed by atoms with Crippen molar-refractivity contribution < 1.29 is 5.21 Å². The first-order valence-corrected chi connectivity index (χ1v) is 6.76. The van der Waals surface area contributed by atoms with Crippen molar-refractivity contribution in [2.75, 3.05) is 0 Å². The average molecular weight is 243 g/mol. The monoisotopic (exact) mass is 243 g/mol. The molecule has 96 valence electrons. The summed E-state index contributed by atoms with van der Waals surface area (Å²) in [5.41, 5.74) is 5.95. The lowest BCUT2D eigenvalue weighted by Gasteiger charge is -2.08. The molecule has 0 spiro atoms. The zero-order valence-corrected chi connectivity index (χ0v) is 11.2. The van der Waals surface area contributed by atoms with Gasteiger partial charge >= 0.3 is 0 Å². The first kappa shape index (κ1) is 12.9. The molecule has 1 aliphatic rings. The van der Waals surface area contributed by atoms with Crippen LogP contribution in [0.3, 0.4) is 0 Å². The third-order valence-corrected chi connectivity index (χ3v) is 3.57. The van der Waals surface area contributed by atoms with Crippen molar-refractivity contribution in [2.24, 2.45) is 5.16 Å². The van der Waals surface area contributed by atoms with Crippen LogP contribution in [0, 0.1) is 6.92 Å². The van der Waals surface area contributed by atoms with E-state index >= 15 is 0 Å². The van der Waals surface area contributed by atoms with Crippen molar-refractivity contribution in [2.45, 2.75) is 46.0 Å². The lowest BCUT2D eigenvalue weighted by atomic mass is 9.97. The van der Waals surface area contributed by atoms with Gasteiger partial charge in [-0.2, -0.15) is 0 Å². The van der Waals surface area contributed by atoms with E-state index in [1.165, 1.54) is 35.1 Å². The summed E-state index contributed by atoms with van der Waals surface area (Å²) in [5.74, 6) is 0. The van der Waals surface area contributed by atoms with E-state index in [4.69, 9.17) is 5.21 Å². The highest BCUT2D eigenvalue weighted by atomic mass is 16.4. The second kappa shape index (κ2) is 5.85. The van der Waals surface area contributed by atoms with Crippen LogP contribution in [0.2, 0.25) is 0 Å². The van der Waals surface area contributed by atoms with Gasteiger partial charge in [0.15, 0.2) is 0 Å². The predicted molar refractivity (Wildman–Crippen MR) is 76.1 cm³/mol. The number of allylic oxidation sites excluding steroid dienone is 2. The quantitative estimate of drug-likeness (QED) is 0.610. The Morgan fingerprint density at radius 3 is 2.78 bits per heavy atom. The van der Waals surface area contributed by atoms with Gasteiger partial charge in [-0.1, -0.05) is 53.9 Å². The smallest absolute Gasteiger partial charge is 0.0876 e. The van der Waals surface area contributed by atoms with Gasteiger partial charge in [-0.25, -0.2) is 0 Å². The first-order valence-electron chi connectivity index (χ1n) is 6.76. The van der Waals surface area contributed by atoms with Gasteiger partial charge in [0, 0.05) is 5.57 Å². The maximum Gasteiger partial charge on any atom is 0.0876 e. The molecule has 1 aliphatic carbocycles. The van der Waals surface area contributed by atoms with E-state index in [0.717, 1.165) is 25.0 Å². The maximum atomic E-state index is 9.16. The van der Waals surface area contributed by atoms with Gasteiger partial charge in [-0.05, 0) is 38.2 Å². The molecule has 0 saturated heterocycles. The van der Waals surface area contributed by atoms with Gasteiger partial charge in [0.25, 0.3) is 0 Å². The number of oxime groups is 1. The number of rotatable bonds is 4. The highest BCUT2D eigenvalue weighted by molar-refractivity contribution is 6.26. The third kappa shape index (κ3) is 2.63. The van der Waals surface area contributed by atoms with Gasteiger partial charge in [-0.15, -0.1) is 0 Å². The maximum absolute atomic E-state index is 9.16. The summed E-state index contributed by atoms with van der Waals surface area (Å²) in [6.07, 6.45) is 5.46. The van der Waals surface area contributed by atoms with Crippen LogP contribution in [0.4, 0.5) is 0 Å². The summed E-state index contributed by atoms with van der Waals surface area (Å²) in [7, 11) is 0. The summed E-state index contributed by atoms with van der Waals surface area (Å²) >= 11 is 0. The van der Waals surface area contributed by atoms with Gasteiger partial charge in [0.2, 0.25) is 0 Å². The van der Waals surface area contributed by atoms with Crippen LogP contribution in [0.25, 0.3) is 5.57 Å². The van der Waals surface area contributed by atoms with Crippen LogP contribution in [-0.4, -0.2) is 10.9 Å². The molecule has 2 nitrogen and oxygen atoms in total. The second-order valence-corrected chi connectivity index (χ2v) is 5.00. The Bertz CT molecular complexity index is 486. The largest absolute Gasteiger partial charge is 0.411 e. The zero-order valence-electron chi connectivity index (χ0n) is 11.2. The van der Waals surface area contributed by atoms with Crippen molar-refractivity contribution in [1.82, 2.24) is 0 Å². The summed E-state index contributed by atoms with van der Waals surface area (Å²) in [5, 5.41) is 12.7. The molecule has 0 heterocycles. The Balaban J connectivity index is 2.40. The number of aryl methyl sites for hydroxylation is 1. The molecular formula is C16H21NO. The minimum absolute atomic E-state index is 0.853. The summed E-state index contributed by atoms with van der Waals surface area (Å²) in [6, 6.07) is 8.46. The Morgan fingerprint density at radius 1 is 1.28 bits per heavy atom. The number of nitrogens with zero attached hydrogens (tertiary/aromatic N) is 1. The van der Waals surface area contributed by atoms with Gasteiger partial charge in [0.1, 0.15) is 0 Å². The number of hydrogen-bond acceptors (Lipinski definition) is 2. The molecule has 0 aromatic heterocycles. The standard InChI is InChI=1S/C16H21NO/c1-3-4-7-13-9-10-15(17-18)16(13)14-8-5-6-12(2)11-14/h5-6,8,11,18H,3-4,7,9-10H2,1-2H3/b17-15+. The number of benzene rings is 1. The Hall–Kier alpha value is -1.57. The van der Waals surface area contributed by atoms with E-state index in [2.05, 4.69) is 43.3 Å². The molecule has 1 aromatic carbocycles. The SMILES string of the molecule is CCCCC1=C(c2cccc(C)c2)/C(=N/O)CC1. The lowest BCUT2D eigenvalue weighted by Crippen LogP contribution is -1.97. The molecule has 2 heteroatoms. The molecule has 0 radical (unpaired) electrons. The van der Waals surface area contributed by atoms with Gasteiger partial charge in [-0.3, -0.25) is 0 Å². The fourth-order valence-electron chi connectivity index (χ4n) is 2.63. The van der Waals surface area contributed by atoms with E-state index in [1.54, 1.807) is 0 Å². The molecule has 0 amide bonds. The Labute approximate surface area is 109 Å². The van der Waals surface area contributed by atoms with Gasteiger partial charge in [0.05, 0.1) is 5.71 Å². The van der Waals surface area contributed by atoms with Crippen LogP contribution in [0.15, 0.2) is 35.0 Å². The highest BCUT2D eigenvalue weighted by Gasteiger charge is 2.22. The first-order chi connectivity index (χ1) is 8.76. The summed E-state index contributed by atoms with van der Waals surface area (Å²) < 4.78 is 0. The molecule has 0 fully saturated rings. The van der Waals surface area contributed by atoms with E-state index < -0.39 is 0 Å². The van der Waals surface area contributed by atoms with Crippen LogP contribution in [0.1, 0.15) is 50.2 Å². The molecule has 0 unspecified atom stereocenters. The lowest BCUT2D eigenvalue weighted by molar-refractivity contribution is 0.319. The normalized spacial score (nSPS) is 17.8. The number of unbranched alkanes of at least 4 members (excludes halogenated alkanes) is 1. The second-order valence-electron chi connectivity index (χ2n) is 5.00. The molecular weight excluding hydrogens is 222 g/mol. The molecule has 0 saturated carbocycles. The minimum Gasteiger partial charge on any atom is -0.411 e. The summed E-state index contributed by atoms with van der Waals surface area (Å²) in [4.78, 5) is 0. The van der Waals surface area contributed by atoms with Crippen LogP contribution >= 0.6 is 0 Å². The molecule has 0 atom stereocenters. The molecule has 1 N–H and O–H groups in total. The average Bonchev–Trinajstić information content (AvgIpc) is 2.79. The third-order valence-electron chi connectivity index (χ3n) is 3.57. The fourth-order valence-corrected chi connectivity index (χ4v) is 2.63. The van der Waals surface area contributed by atoms with Crippen LogP contribution in [-0.2, 0) is 0 Å². The number of hydrogen-bond donors (Lipinski definition) is 1. The Kier molecular flexibility index (Phi) is 4.19. The molecule has 1 aromatic rings. The summed E-state index contributed by atoms with van der Waals surface area (Å²) in [6.45, 7) is 4.31. The minimum atomic E-state index is 0.853. The molecule has 2 rings (SSSR count). The van der Waals surface area contributed by atoms with Crippen molar-refractivity contribution in [3.8, 4) is 0 Å². The van der Waals surface area contributed by atoms with Crippen molar-refractivity contribution >= 4 is 11.3 Å². The Morgan fingerprint density at radius 2 is 2.11 bits per heavy atom. The molecule has 18 heavy (non-hydrogen) atoms. The van der Waals surface area contributed by atoms with Crippen molar-refractivity contribution in [3.63, 3.8) is 0 Å². The predicted octanol–water partition coefficient (Wildman–Crippen LogP) is 4.56. The van der Waals surface area contributed by atoms with E-state index in [9.17, 15) is 0 Å². The van der Waals surface area contributed by atoms with Crippen molar-refractivity contribution in [1.29, 1.82) is 0 Å². The van der Waals surface area contributed by atoms with E-state index in [0.29, 0.717) is 0 Å². The van der Waals surface area contributed by atoms with Crippen LogP contribution in [0.5, 0.6) is 0 Å². The topological polar surface area (TPSA) is 32.6 Å². The zero-order chi connectivity index (χ0) is 13.0. The van der Waals surface area contributed by atoms with E-state index in [1.807, 2.05) is 0 Å². The molecule has 0 aliphatic heterocycles.